The fourth-order valence-electron chi connectivity index (χ4n) is 9.71. The summed E-state index contributed by atoms with van der Waals surface area (Å²) in [5.74, 6) is 2.05. The van der Waals surface area contributed by atoms with Gasteiger partial charge in [0.1, 0.15) is 5.82 Å². The van der Waals surface area contributed by atoms with Crippen molar-refractivity contribution in [2.75, 3.05) is 9.80 Å². The van der Waals surface area contributed by atoms with Crippen LogP contribution >= 0.6 is 0 Å². The van der Waals surface area contributed by atoms with Crippen molar-refractivity contribution in [2.45, 2.75) is 106 Å². The number of nitrogens with zero attached hydrogens (tertiary/aromatic N) is 4. The molecule has 8 aromatic rings. The summed E-state index contributed by atoms with van der Waals surface area (Å²) >= 11 is 0. The molecule has 5 nitrogen and oxygen atoms in total. The monoisotopic (exact) mass is 1080 g/mol. The summed E-state index contributed by atoms with van der Waals surface area (Å²) in [5, 5.41) is 2.22. The maximum absolute atomic E-state index is 6.77. The molecule has 0 spiro atoms. The van der Waals surface area contributed by atoms with Gasteiger partial charge in [0, 0.05) is 83.0 Å². The molecule has 0 saturated heterocycles. The first kappa shape index (κ1) is 48.6. The van der Waals surface area contributed by atoms with Crippen molar-refractivity contribution in [3.63, 3.8) is 0 Å². The molecule has 1 aliphatic rings. The van der Waals surface area contributed by atoms with Crippen LogP contribution in [0.4, 0.5) is 11.4 Å². The van der Waals surface area contributed by atoms with Crippen molar-refractivity contribution in [3.05, 3.63) is 210 Å². The van der Waals surface area contributed by atoms with Gasteiger partial charge < -0.3 is 19.1 Å². The molecule has 6 heteroatoms. The van der Waals surface area contributed by atoms with E-state index in [2.05, 4.69) is 257 Å². The quantitative estimate of drug-likeness (QED) is 0.135. The molecule has 9 rings (SSSR count). The van der Waals surface area contributed by atoms with Gasteiger partial charge in [0.2, 0.25) is 0 Å². The summed E-state index contributed by atoms with van der Waals surface area (Å²) in [6.07, 6.45) is 1.92. The van der Waals surface area contributed by atoms with Crippen LogP contribution in [0.15, 0.2) is 163 Å². The van der Waals surface area contributed by atoms with Gasteiger partial charge in [0.25, 0.3) is 0 Å². The standard InChI is InChI=1S/C62H65N4O.Pt/c1-58(2,3)45-35-46(62(12,13)43-25-18-15-19-26-43)37-48(36-45)65-41-64(56(59(4,5)6)57(65)60(7,8)9)47-27-22-28-49(39-47)67-50-31-32-52-51-29-20-21-30-53(51)66(54(52)40-50)55-38-44(33-34-63-55)61(10,11)42-23-16-14-17-24-42;/h14-38,41H,1-13H3;/q-3;. The average Bonchev–Trinajstić information content (AvgIpc) is 3.88. The number of fused-ring (bicyclic) bond motifs is 3. The van der Waals surface area contributed by atoms with Crippen LogP contribution in [0.3, 0.4) is 0 Å². The number of anilines is 2. The number of aromatic nitrogens is 2. The normalized spacial score (nSPS) is 14.0. The molecule has 0 bridgehead atoms. The van der Waals surface area contributed by atoms with Crippen molar-refractivity contribution in [3.8, 4) is 17.3 Å². The number of allylic oxidation sites excluding steroid dienone is 2. The summed E-state index contributed by atoms with van der Waals surface area (Å²) in [4.78, 5) is 9.73. The number of para-hydroxylation sites is 1. The number of benzene rings is 6. The summed E-state index contributed by atoms with van der Waals surface area (Å²) in [5.41, 5.74) is 11.9. The molecule has 1 aliphatic heterocycles. The number of hydrogen-bond donors (Lipinski definition) is 0. The van der Waals surface area contributed by atoms with E-state index in [4.69, 9.17) is 9.72 Å². The second kappa shape index (κ2) is 17.9. The summed E-state index contributed by atoms with van der Waals surface area (Å²) in [6, 6.07) is 59.3. The topological polar surface area (TPSA) is 33.5 Å². The smallest absolute Gasteiger partial charge is 0.135 e. The predicted molar refractivity (Wildman–Crippen MR) is 280 cm³/mol. The number of pyridine rings is 1. The van der Waals surface area contributed by atoms with Crippen molar-refractivity contribution < 1.29 is 25.8 Å². The first-order chi connectivity index (χ1) is 31.6. The Morgan fingerprint density at radius 3 is 1.68 bits per heavy atom. The van der Waals surface area contributed by atoms with Gasteiger partial charge in [-0.2, -0.15) is 12.1 Å². The van der Waals surface area contributed by atoms with Gasteiger partial charge in [0.05, 0.1) is 0 Å². The van der Waals surface area contributed by atoms with Crippen LogP contribution in [-0.2, 0) is 37.3 Å². The molecule has 0 saturated carbocycles. The van der Waals surface area contributed by atoms with E-state index in [1.807, 2.05) is 18.3 Å². The third kappa shape index (κ3) is 9.07. The zero-order chi connectivity index (χ0) is 47.7. The second-order valence-corrected chi connectivity index (χ2v) is 22.4. The molecule has 6 aromatic carbocycles. The van der Waals surface area contributed by atoms with Crippen LogP contribution in [0.25, 0.3) is 27.6 Å². The second-order valence-electron chi connectivity index (χ2n) is 22.4. The minimum absolute atomic E-state index is 0. The molecule has 0 atom stereocenters. The van der Waals surface area contributed by atoms with Crippen LogP contribution in [0, 0.1) is 29.6 Å². The Labute approximate surface area is 420 Å². The Hall–Kier alpha value is -5.90. The summed E-state index contributed by atoms with van der Waals surface area (Å²) in [7, 11) is 0. The zero-order valence-corrected chi connectivity index (χ0v) is 44.3. The average molecular weight is 1080 g/mol. The first-order valence-electron chi connectivity index (χ1n) is 23.7. The minimum atomic E-state index is -0.227. The third-order valence-corrected chi connectivity index (χ3v) is 13.6. The van der Waals surface area contributed by atoms with E-state index < -0.39 is 0 Å². The van der Waals surface area contributed by atoms with Crippen molar-refractivity contribution in [1.82, 2.24) is 9.55 Å². The summed E-state index contributed by atoms with van der Waals surface area (Å²) in [6.45, 7) is 32.3. The molecule has 2 aromatic heterocycles. The van der Waals surface area contributed by atoms with Crippen LogP contribution in [0.1, 0.15) is 118 Å². The van der Waals surface area contributed by atoms with Crippen molar-refractivity contribution >= 4 is 33.2 Å². The molecule has 0 amide bonds. The maximum atomic E-state index is 6.77. The Bertz CT molecular complexity index is 3140. The SMILES string of the molecule is CC(C)(C)C1=C(C(C)(C)C)N(c2cc(C(C)(C)C)cc(C(C)(C)c3ccccc3)c2)[CH-]N1c1[c-]c(Oc2[c-]c3c(cc2)c2ccccc2n3-c2cc(C(C)(C)c3ccccc3)ccn2)ccc1.[Pt]. The molecular weight excluding hydrogens is 1010 g/mol. The number of ether oxygens (including phenoxy) is 1. The molecule has 0 fully saturated rings. The predicted octanol–water partition coefficient (Wildman–Crippen LogP) is 16.3. The third-order valence-electron chi connectivity index (χ3n) is 13.6. The Balaban J connectivity index is 0.00000625. The number of rotatable bonds is 9. The minimum Gasteiger partial charge on any atom is -0.509 e. The van der Waals surface area contributed by atoms with E-state index in [-0.39, 0.29) is 48.1 Å². The van der Waals surface area contributed by atoms with Gasteiger partial charge >= 0.3 is 0 Å². The molecule has 0 N–H and O–H groups in total. The van der Waals surface area contributed by atoms with Gasteiger partial charge in [0.15, 0.2) is 0 Å². The Kier molecular flexibility index (Phi) is 12.8. The van der Waals surface area contributed by atoms with Gasteiger partial charge in [-0.05, 0) is 69.0 Å². The van der Waals surface area contributed by atoms with Gasteiger partial charge in [-0.15, -0.1) is 48.1 Å². The fourth-order valence-corrected chi connectivity index (χ4v) is 9.71. The van der Waals surface area contributed by atoms with E-state index in [0.717, 1.165) is 39.0 Å². The first-order valence-corrected chi connectivity index (χ1v) is 23.7. The fraction of sp³-hybridized carbons (Fsp3) is 0.290. The van der Waals surface area contributed by atoms with Crippen molar-refractivity contribution in [1.29, 1.82) is 0 Å². The van der Waals surface area contributed by atoms with E-state index in [1.165, 1.54) is 39.2 Å². The molecule has 3 heterocycles. The van der Waals surface area contributed by atoms with Gasteiger partial charge in [-0.3, -0.25) is 0 Å². The van der Waals surface area contributed by atoms with Crippen LogP contribution < -0.4 is 14.5 Å². The Morgan fingerprint density at radius 1 is 0.471 bits per heavy atom. The van der Waals surface area contributed by atoms with E-state index in [0.29, 0.717) is 11.5 Å². The largest absolute Gasteiger partial charge is 0.509 e. The molecule has 68 heavy (non-hydrogen) atoms. The van der Waals surface area contributed by atoms with Crippen molar-refractivity contribution in [2.24, 2.45) is 10.8 Å². The van der Waals surface area contributed by atoms with Gasteiger partial charge in [-0.25, -0.2) is 4.98 Å². The number of hydrogen-bond acceptors (Lipinski definition) is 4. The van der Waals surface area contributed by atoms with Crippen LogP contribution in [-0.4, -0.2) is 9.55 Å². The molecule has 352 valence electrons. The Morgan fingerprint density at radius 2 is 1.04 bits per heavy atom. The van der Waals surface area contributed by atoms with Crippen LogP contribution in [0.2, 0.25) is 0 Å². The molecule has 0 unspecified atom stereocenters. The van der Waals surface area contributed by atoms with E-state index in [9.17, 15) is 0 Å². The molecule has 0 aliphatic carbocycles. The van der Waals surface area contributed by atoms with Crippen LogP contribution in [0.5, 0.6) is 11.5 Å². The van der Waals surface area contributed by atoms with E-state index in [1.54, 1.807) is 0 Å². The van der Waals surface area contributed by atoms with E-state index >= 15 is 0 Å². The summed E-state index contributed by atoms with van der Waals surface area (Å²) < 4.78 is 8.98. The molecular formula is C62H65N4OPt-3. The maximum Gasteiger partial charge on any atom is 0.135 e. The molecule has 0 radical (unpaired) electrons. The van der Waals surface area contributed by atoms with Gasteiger partial charge in [-0.1, -0.05) is 180 Å². The zero-order valence-electron chi connectivity index (χ0n) is 42.0.